The maximum atomic E-state index is 14.0. The molecule has 10 heteroatoms. The Kier molecular flexibility index (Phi) is 7.32. The molecule has 1 unspecified atom stereocenters. The number of carbonyl (C=O) groups is 1. The molecule has 0 saturated carbocycles. The molecule has 0 spiro atoms. The molecule has 1 fully saturated rings. The normalized spacial score (nSPS) is 22.5. The van der Waals surface area contributed by atoms with Crippen LogP contribution in [0.25, 0.3) is 0 Å². The zero-order chi connectivity index (χ0) is 25.3. The number of aliphatic imine (C=N–C) groups is 1. The van der Waals surface area contributed by atoms with E-state index in [0.29, 0.717) is 45.8 Å². The molecule has 0 bridgehead atoms. The van der Waals surface area contributed by atoms with E-state index >= 15 is 0 Å². The summed E-state index contributed by atoms with van der Waals surface area (Å²) in [6.45, 7) is 1.21. The number of nitrogens with zero attached hydrogens (tertiary/aromatic N) is 3. The molecular formula is C26H21Cl2FN4OS2. The van der Waals surface area contributed by atoms with Crippen molar-refractivity contribution in [3.05, 3.63) is 98.3 Å². The first-order valence-corrected chi connectivity index (χ1v) is 13.6. The number of benzene rings is 2. The number of allylic oxidation sites excluding steroid dienone is 2. The first-order valence-electron chi connectivity index (χ1n) is 11.2. The van der Waals surface area contributed by atoms with Crippen molar-refractivity contribution in [2.45, 2.75) is 17.7 Å². The predicted molar refractivity (Wildman–Crippen MR) is 146 cm³/mol. The van der Waals surface area contributed by atoms with Crippen molar-refractivity contribution >= 4 is 63.7 Å². The van der Waals surface area contributed by atoms with Crippen molar-refractivity contribution in [3.8, 4) is 0 Å². The number of ketones is 1. The largest absolute Gasteiger partial charge is 0.404 e. The van der Waals surface area contributed by atoms with Gasteiger partial charge in [-0.05, 0) is 85.1 Å². The van der Waals surface area contributed by atoms with Crippen LogP contribution in [0, 0.1) is 11.2 Å². The van der Waals surface area contributed by atoms with Crippen LogP contribution >= 0.6 is 46.5 Å². The van der Waals surface area contributed by atoms with Crippen molar-refractivity contribution in [3.63, 3.8) is 0 Å². The molecule has 0 amide bonds. The lowest BCUT2D eigenvalue weighted by atomic mass is 9.65. The predicted octanol–water partition coefficient (Wildman–Crippen LogP) is 7.12. The third-order valence-corrected chi connectivity index (χ3v) is 8.83. The van der Waals surface area contributed by atoms with E-state index in [2.05, 4.69) is 9.29 Å². The van der Waals surface area contributed by atoms with Gasteiger partial charge in [-0.1, -0.05) is 28.8 Å². The number of fused-ring (bicyclic) bond motifs is 1. The lowest BCUT2D eigenvalue weighted by molar-refractivity contribution is 0.0781. The van der Waals surface area contributed by atoms with Crippen LogP contribution in [0.15, 0.2) is 87.4 Å². The number of hydrogen-bond donors (Lipinski definition) is 1. The van der Waals surface area contributed by atoms with Crippen molar-refractivity contribution < 1.29 is 9.18 Å². The number of piperidine rings is 1. The van der Waals surface area contributed by atoms with Gasteiger partial charge in [-0.25, -0.2) is 18.7 Å². The van der Waals surface area contributed by atoms with E-state index in [1.165, 1.54) is 29.7 Å². The molecule has 2 heterocycles. The van der Waals surface area contributed by atoms with Gasteiger partial charge in [-0.2, -0.15) is 0 Å². The molecule has 2 aliphatic rings. The summed E-state index contributed by atoms with van der Waals surface area (Å²) >= 11 is 15.2. The van der Waals surface area contributed by atoms with Gasteiger partial charge in [-0.15, -0.1) is 11.3 Å². The Morgan fingerprint density at radius 2 is 2.03 bits per heavy atom. The van der Waals surface area contributed by atoms with Gasteiger partial charge in [0.15, 0.2) is 5.01 Å². The molecule has 1 aromatic heterocycles. The minimum absolute atomic E-state index is 0.0247. The fourth-order valence-electron chi connectivity index (χ4n) is 4.52. The van der Waals surface area contributed by atoms with E-state index < -0.39 is 5.41 Å². The van der Waals surface area contributed by atoms with Gasteiger partial charge in [0, 0.05) is 29.6 Å². The minimum atomic E-state index is -0.827. The van der Waals surface area contributed by atoms with E-state index in [4.69, 9.17) is 33.9 Å². The number of nitrogens with two attached hydrogens (primary N) is 1. The second kappa shape index (κ2) is 10.5. The lowest BCUT2D eigenvalue weighted by Crippen LogP contribution is -2.49. The Labute approximate surface area is 226 Å². The first-order chi connectivity index (χ1) is 17.4. The molecule has 1 aliphatic heterocycles. The van der Waals surface area contributed by atoms with Crippen LogP contribution in [0.3, 0.4) is 0 Å². The second-order valence-corrected chi connectivity index (χ2v) is 11.4. The molecule has 5 rings (SSSR count). The summed E-state index contributed by atoms with van der Waals surface area (Å²) in [6.07, 6.45) is 6.20. The highest BCUT2D eigenvalue weighted by molar-refractivity contribution is 7.97. The standard InChI is InChI=1S/C26H21Cl2FN4OS2/c27-21-6-5-20(12-22(21)28)36-33-9-7-17-11-23(32-19-3-1-18(29)2-4-19)16(14-30)13-26(17,15-33)24(34)25-31-8-10-35-25/h1-6,8,10-12,14H,7,9,13,15,30H2. The SMILES string of the molecule is NC=C1CC2(C(=O)c3nccs3)CN(Sc3ccc(Cl)c(Cl)c3)CCC2=CC1=Nc1ccc(F)cc1. The summed E-state index contributed by atoms with van der Waals surface area (Å²) in [5.74, 6) is -0.348. The van der Waals surface area contributed by atoms with Gasteiger partial charge in [0.25, 0.3) is 0 Å². The maximum Gasteiger partial charge on any atom is 0.203 e. The number of thiazole rings is 1. The van der Waals surface area contributed by atoms with Gasteiger partial charge >= 0.3 is 0 Å². The number of Topliss-reactive ketones (excluding diaryl/α,β-unsaturated/α-hetero) is 1. The van der Waals surface area contributed by atoms with Crippen LogP contribution in [0.4, 0.5) is 10.1 Å². The molecule has 2 N–H and O–H groups in total. The van der Waals surface area contributed by atoms with E-state index in [1.54, 1.807) is 36.3 Å². The number of rotatable bonds is 5. The quantitative estimate of drug-likeness (QED) is 0.266. The Morgan fingerprint density at radius 3 is 2.72 bits per heavy atom. The van der Waals surface area contributed by atoms with E-state index in [-0.39, 0.29) is 11.6 Å². The average Bonchev–Trinajstić information content (AvgIpc) is 3.42. The third kappa shape index (κ3) is 5.01. The summed E-state index contributed by atoms with van der Waals surface area (Å²) in [7, 11) is 0. The van der Waals surface area contributed by atoms with Crippen LogP contribution < -0.4 is 5.73 Å². The molecule has 1 saturated heterocycles. The van der Waals surface area contributed by atoms with E-state index in [1.807, 2.05) is 23.6 Å². The Bertz CT molecular complexity index is 1390. The molecule has 0 radical (unpaired) electrons. The van der Waals surface area contributed by atoms with Crippen molar-refractivity contribution in [1.29, 1.82) is 0 Å². The molecule has 184 valence electrons. The lowest BCUT2D eigenvalue weighted by Gasteiger charge is -2.45. The molecule has 5 nitrogen and oxygen atoms in total. The highest BCUT2D eigenvalue weighted by Gasteiger charge is 2.50. The van der Waals surface area contributed by atoms with Crippen LogP contribution in [0.2, 0.25) is 10.0 Å². The molecule has 1 atom stereocenters. The second-order valence-electron chi connectivity index (χ2n) is 8.54. The number of hydrogen-bond acceptors (Lipinski definition) is 7. The summed E-state index contributed by atoms with van der Waals surface area (Å²) < 4.78 is 15.6. The van der Waals surface area contributed by atoms with Gasteiger partial charge in [0.05, 0.1) is 26.9 Å². The molecule has 2 aromatic carbocycles. The van der Waals surface area contributed by atoms with Crippen LogP contribution in [0.5, 0.6) is 0 Å². The Balaban J connectivity index is 1.53. The monoisotopic (exact) mass is 558 g/mol. The Morgan fingerprint density at radius 1 is 1.22 bits per heavy atom. The smallest absolute Gasteiger partial charge is 0.203 e. The summed E-state index contributed by atoms with van der Waals surface area (Å²) in [5, 5.41) is 3.26. The Hall–Kier alpha value is -2.49. The first kappa shape index (κ1) is 25.2. The number of carbonyl (C=O) groups excluding carboxylic acids is 1. The van der Waals surface area contributed by atoms with Gasteiger partial charge in [-0.3, -0.25) is 4.79 Å². The summed E-state index contributed by atoms with van der Waals surface area (Å²) in [4.78, 5) is 23.9. The van der Waals surface area contributed by atoms with Crippen molar-refractivity contribution in [1.82, 2.24) is 9.29 Å². The number of halogens is 3. The van der Waals surface area contributed by atoms with Crippen LogP contribution in [0.1, 0.15) is 22.6 Å². The topological polar surface area (TPSA) is 71.6 Å². The average molecular weight is 560 g/mol. The van der Waals surface area contributed by atoms with Gasteiger partial charge in [0.1, 0.15) is 5.82 Å². The van der Waals surface area contributed by atoms with Crippen LogP contribution in [-0.4, -0.2) is 33.9 Å². The fraction of sp³-hybridized carbons (Fsp3) is 0.192. The van der Waals surface area contributed by atoms with Gasteiger partial charge < -0.3 is 5.73 Å². The number of aromatic nitrogens is 1. The van der Waals surface area contributed by atoms with Gasteiger partial charge in [0.2, 0.25) is 5.78 Å². The van der Waals surface area contributed by atoms with E-state index in [0.717, 1.165) is 22.6 Å². The van der Waals surface area contributed by atoms with Crippen molar-refractivity contribution in [2.75, 3.05) is 13.1 Å². The zero-order valence-electron chi connectivity index (χ0n) is 19.0. The third-order valence-electron chi connectivity index (χ3n) is 6.29. The zero-order valence-corrected chi connectivity index (χ0v) is 22.1. The molecular weight excluding hydrogens is 538 g/mol. The van der Waals surface area contributed by atoms with Crippen molar-refractivity contribution in [2.24, 2.45) is 16.1 Å². The van der Waals surface area contributed by atoms with E-state index in [9.17, 15) is 9.18 Å². The fourth-order valence-corrected chi connectivity index (χ4v) is 6.62. The summed E-state index contributed by atoms with van der Waals surface area (Å²) in [6, 6.07) is 11.5. The highest BCUT2D eigenvalue weighted by atomic mass is 35.5. The molecule has 36 heavy (non-hydrogen) atoms. The van der Waals surface area contributed by atoms with Crippen LogP contribution in [-0.2, 0) is 0 Å². The summed E-state index contributed by atoms with van der Waals surface area (Å²) in [5.41, 5.74) is 8.30. The maximum absolute atomic E-state index is 14.0. The molecule has 3 aromatic rings. The molecule has 1 aliphatic carbocycles. The minimum Gasteiger partial charge on any atom is -0.404 e. The highest BCUT2D eigenvalue weighted by Crippen LogP contribution is 2.49.